The smallest absolute Gasteiger partial charge is 0.224 e. The molecule has 0 unspecified atom stereocenters. The zero-order valence-electron chi connectivity index (χ0n) is 13.9. The van der Waals surface area contributed by atoms with Gasteiger partial charge in [0.05, 0.1) is 6.61 Å². The lowest BCUT2D eigenvalue weighted by molar-refractivity contribution is 0.108. The largest absolute Gasteiger partial charge is 0.494 e. The molecule has 0 spiro atoms. The van der Waals surface area contributed by atoms with Crippen LogP contribution >= 0.6 is 11.8 Å². The van der Waals surface area contributed by atoms with Gasteiger partial charge in [-0.3, -0.25) is 4.79 Å². The van der Waals surface area contributed by atoms with Crippen molar-refractivity contribution < 1.29 is 9.53 Å². The lowest BCUT2D eigenvalue weighted by Gasteiger charge is -2.07. The number of ether oxygens (including phenoxy) is 1. The monoisotopic (exact) mass is 328 g/mol. The van der Waals surface area contributed by atoms with Crippen LogP contribution in [-0.4, -0.2) is 11.7 Å². The van der Waals surface area contributed by atoms with Crippen molar-refractivity contribution in [3.8, 4) is 5.75 Å². The van der Waals surface area contributed by atoms with Crippen LogP contribution in [0.3, 0.4) is 0 Å². The second-order valence-electron chi connectivity index (χ2n) is 5.64. The van der Waals surface area contributed by atoms with Crippen molar-refractivity contribution in [3.05, 3.63) is 59.7 Å². The van der Waals surface area contributed by atoms with E-state index in [0.29, 0.717) is 0 Å². The molecule has 0 aliphatic heterocycles. The van der Waals surface area contributed by atoms with Gasteiger partial charge < -0.3 is 4.74 Å². The Balaban J connectivity index is 1.82. The summed E-state index contributed by atoms with van der Waals surface area (Å²) in [5, 5.41) is 0.0678. The fraction of sp³-hybridized carbons (Fsp3) is 0.350. The van der Waals surface area contributed by atoms with Crippen LogP contribution < -0.4 is 4.74 Å². The molecule has 0 N–H and O–H groups in total. The van der Waals surface area contributed by atoms with Crippen molar-refractivity contribution >= 4 is 16.9 Å². The number of hydrogen-bond acceptors (Lipinski definition) is 3. The van der Waals surface area contributed by atoms with Gasteiger partial charge in [-0.25, -0.2) is 0 Å². The van der Waals surface area contributed by atoms with Crippen molar-refractivity contribution in [1.29, 1.82) is 0 Å². The summed E-state index contributed by atoms with van der Waals surface area (Å²) in [5.74, 6) is 0.869. The minimum absolute atomic E-state index is 0.0678. The number of hydrogen-bond donors (Lipinski definition) is 0. The average molecular weight is 328 g/mol. The number of rotatable bonds is 8. The molecule has 2 aromatic carbocycles. The molecule has 0 fully saturated rings. The van der Waals surface area contributed by atoms with E-state index in [1.807, 2.05) is 55.5 Å². The fourth-order valence-corrected chi connectivity index (χ4v) is 2.92. The molecule has 0 saturated heterocycles. The highest BCUT2D eigenvalue weighted by atomic mass is 32.2. The van der Waals surface area contributed by atoms with E-state index < -0.39 is 0 Å². The Morgan fingerprint density at radius 3 is 2.30 bits per heavy atom. The van der Waals surface area contributed by atoms with Crippen LogP contribution in [0, 0.1) is 6.92 Å². The molecule has 0 heterocycles. The molecule has 0 amide bonds. The summed E-state index contributed by atoms with van der Waals surface area (Å²) in [6, 6.07) is 15.4. The summed E-state index contributed by atoms with van der Waals surface area (Å²) in [6.45, 7) is 4.98. The zero-order chi connectivity index (χ0) is 16.5. The molecule has 0 aliphatic carbocycles. The lowest BCUT2D eigenvalue weighted by Crippen LogP contribution is -1.97. The number of thioether (sulfide) groups is 1. The first-order valence-electron chi connectivity index (χ1n) is 8.21. The van der Waals surface area contributed by atoms with Crippen LogP contribution in [0.2, 0.25) is 0 Å². The molecule has 0 aromatic heterocycles. The predicted molar refractivity (Wildman–Crippen MR) is 97.4 cm³/mol. The van der Waals surface area contributed by atoms with Gasteiger partial charge in [0.25, 0.3) is 0 Å². The van der Waals surface area contributed by atoms with E-state index in [2.05, 4.69) is 6.92 Å². The van der Waals surface area contributed by atoms with E-state index in [9.17, 15) is 4.79 Å². The van der Waals surface area contributed by atoms with Crippen LogP contribution in [0.1, 0.15) is 48.5 Å². The number of aryl methyl sites for hydroxylation is 1. The average Bonchev–Trinajstić information content (AvgIpc) is 2.57. The van der Waals surface area contributed by atoms with Gasteiger partial charge in [-0.1, -0.05) is 56.0 Å². The Bertz CT molecular complexity index is 603. The third-order valence-electron chi connectivity index (χ3n) is 3.59. The minimum Gasteiger partial charge on any atom is -0.494 e. The first-order chi connectivity index (χ1) is 11.2. The zero-order valence-corrected chi connectivity index (χ0v) is 14.7. The van der Waals surface area contributed by atoms with E-state index in [1.54, 1.807) is 0 Å². The molecule has 0 atom stereocenters. The van der Waals surface area contributed by atoms with Crippen molar-refractivity contribution in [2.45, 2.75) is 44.4 Å². The Kier molecular flexibility index (Phi) is 7.21. The van der Waals surface area contributed by atoms with Crippen molar-refractivity contribution in [1.82, 2.24) is 0 Å². The Hall–Kier alpha value is -1.74. The summed E-state index contributed by atoms with van der Waals surface area (Å²) in [4.78, 5) is 13.2. The van der Waals surface area contributed by atoms with Gasteiger partial charge in [-0.15, -0.1) is 0 Å². The summed E-state index contributed by atoms with van der Waals surface area (Å²) in [6.07, 6.45) is 4.81. The van der Waals surface area contributed by atoms with E-state index in [-0.39, 0.29) is 5.12 Å². The molecular formula is C20H24O2S. The Morgan fingerprint density at radius 2 is 1.65 bits per heavy atom. The van der Waals surface area contributed by atoms with E-state index >= 15 is 0 Å². The Labute approximate surface area is 143 Å². The highest BCUT2D eigenvalue weighted by Gasteiger charge is 2.08. The molecule has 0 radical (unpaired) electrons. The van der Waals surface area contributed by atoms with Gasteiger partial charge in [-0.2, -0.15) is 0 Å². The third-order valence-corrected chi connectivity index (χ3v) is 4.52. The van der Waals surface area contributed by atoms with Gasteiger partial charge in [0.2, 0.25) is 5.12 Å². The van der Waals surface area contributed by atoms with Crippen LogP contribution in [0.4, 0.5) is 0 Å². The third kappa shape index (κ3) is 6.11. The predicted octanol–water partition coefficient (Wildman–Crippen LogP) is 5.89. The summed E-state index contributed by atoms with van der Waals surface area (Å²) >= 11 is 1.25. The molecule has 2 nitrogen and oxygen atoms in total. The van der Waals surface area contributed by atoms with Crippen LogP contribution in [-0.2, 0) is 0 Å². The van der Waals surface area contributed by atoms with Gasteiger partial charge in [0, 0.05) is 10.5 Å². The highest BCUT2D eigenvalue weighted by Crippen LogP contribution is 2.25. The molecule has 0 bridgehead atoms. The molecule has 0 aliphatic rings. The van der Waals surface area contributed by atoms with Gasteiger partial charge in [0.1, 0.15) is 5.75 Å². The van der Waals surface area contributed by atoms with E-state index in [1.165, 1.54) is 31.0 Å². The highest BCUT2D eigenvalue weighted by molar-refractivity contribution is 8.14. The Morgan fingerprint density at radius 1 is 0.957 bits per heavy atom. The lowest BCUT2D eigenvalue weighted by atomic mass is 10.2. The van der Waals surface area contributed by atoms with Crippen molar-refractivity contribution in [2.75, 3.05) is 6.61 Å². The molecule has 0 saturated carbocycles. The summed E-state index contributed by atoms with van der Waals surface area (Å²) in [7, 11) is 0. The standard InChI is InChI=1S/C20H24O2S/c1-3-4-5-6-15-22-18-11-13-19(14-12-18)23-20(21)17-9-7-16(2)8-10-17/h7-14H,3-6,15H2,1-2H3. The molecule has 2 aromatic rings. The maximum atomic E-state index is 12.2. The first-order valence-corrected chi connectivity index (χ1v) is 9.02. The summed E-state index contributed by atoms with van der Waals surface area (Å²) in [5.41, 5.74) is 1.89. The van der Waals surface area contributed by atoms with Crippen LogP contribution in [0.5, 0.6) is 5.75 Å². The normalized spacial score (nSPS) is 10.5. The summed E-state index contributed by atoms with van der Waals surface area (Å²) < 4.78 is 5.72. The number of benzene rings is 2. The fourth-order valence-electron chi connectivity index (χ4n) is 2.18. The van der Waals surface area contributed by atoms with E-state index in [0.717, 1.165) is 34.8 Å². The van der Waals surface area contributed by atoms with Crippen LogP contribution in [0.15, 0.2) is 53.4 Å². The maximum absolute atomic E-state index is 12.2. The first kappa shape index (κ1) is 17.6. The van der Waals surface area contributed by atoms with Crippen molar-refractivity contribution in [3.63, 3.8) is 0 Å². The molecule has 2 rings (SSSR count). The van der Waals surface area contributed by atoms with Crippen LogP contribution in [0.25, 0.3) is 0 Å². The van der Waals surface area contributed by atoms with Crippen molar-refractivity contribution in [2.24, 2.45) is 0 Å². The van der Waals surface area contributed by atoms with E-state index in [4.69, 9.17) is 4.74 Å². The van der Waals surface area contributed by atoms with Gasteiger partial charge >= 0.3 is 0 Å². The molecule has 23 heavy (non-hydrogen) atoms. The molecular weight excluding hydrogens is 304 g/mol. The maximum Gasteiger partial charge on any atom is 0.224 e. The number of carbonyl (C=O) groups is 1. The minimum atomic E-state index is 0.0678. The number of unbranched alkanes of at least 4 members (excludes halogenated alkanes) is 3. The second-order valence-corrected chi connectivity index (χ2v) is 6.68. The number of carbonyl (C=O) groups excluding carboxylic acids is 1. The van der Waals surface area contributed by atoms with Gasteiger partial charge in [0.15, 0.2) is 0 Å². The second kappa shape index (κ2) is 9.41. The quantitative estimate of drug-likeness (QED) is 0.446. The topological polar surface area (TPSA) is 26.3 Å². The SMILES string of the molecule is CCCCCCOc1ccc(SC(=O)c2ccc(C)cc2)cc1. The van der Waals surface area contributed by atoms with Gasteiger partial charge in [-0.05, 0) is 49.4 Å². The molecule has 3 heteroatoms. The molecule has 122 valence electrons.